The Hall–Kier alpha value is -2.55. The highest BCUT2D eigenvalue weighted by atomic mass is 14.8. The van der Waals surface area contributed by atoms with Crippen LogP contribution in [-0.2, 0) is 0 Å². The van der Waals surface area contributed by atoms with Crippen molar-refractivity contribution in [2.75, 3.05) is 0 Å². The van der Waals surface area contributed by atoms with E-state index in [1.165, 1.54) is 0 Å². The lowest BCUT2D eigenvalue weighted by atomic mass is 10.1. The molecule has 0 amide bonds. The van der Waals surface area contributed by atoms with Crippen LogP contribution in [-0.4, -0.2) is 15.0 Å². The normalized spacial score (nSPS) is 11.3. The number of hydrogen-bond acceptors (Lipinski definition) is 3. The Morgan fingerprint density at radius 1 is 0.778 bits per heavy atom. The van der Waals surface area contributed by atoms with Crippen LogP contribution >= 0.6 is 0 Å². The first-order chi connectivity index (χ1) is 8.92. The van der Waals surface area contributed by atoms with Crippen molar-refractivity contribution < 1.29 is 0 Å². The monoisotopic (exact) mass is 231 g/mol. The summed E-state index contributed by atoms with van der Waals surface area (Å²) >= 11 is 0. The Morgan fingerprint density at radius 3 is 2.67 bits per heavy atom. The standard InChI is InChI=1S/C15H9N3/c1-2-5-12-11(4-1)15-10(9-17-12)8-14-13(18-15)6-3-7-16-14/h1-9H. The average molecular weight is 231 g/mol. The number of rotatable bonds is 0. The molecule has 0 bridgehead atoms. The fraction of sp³-hybridized carbons (Fsp3) is 0. The van der Waals surface area contributed by atoms with Gasteiger partial charge in [-0.15, -0.1) is 0 Å². The lowest BCUT2D eigenvalue weighted by molar-refractivity contribution is 1.37. The molecule has 3 heteroatoms. The second-order valence-electron chi connectivity index (χ2n) is 4.24. The van der Waals surface area contributed by atoms with E-state index in [-0.39, 0.29) is 0 Å². The molecule has 3 heterocycles. The number of aromatic nitrogens is 3. The van der Waals surface area contributed by atoms with Gasteiger partial charge >= 0.3 is 0 Å². The van der Waals surface area contributed by atoms with Crippen LogP contribution in [0.1, 0.15) is 0 Å². The molecular weight excluding hydrogens is 222 g/mol. The molecule has 0 fully saturated rings. The summed E-state index contributed by atoms with van der Waals surface area (Å²) in [5.41, 5.74) is 3.78. The van der Waals surface area contributed by atoms with E-state index in [1.807, 2.05) is 42.6 Å². The molecule has 0 aliphatic rings. The quantitative estimate of drug-likeness (QED) is 0.344. The van der Waals surface area contributed by atoms with Gasteiger partial charge in [0.05, 0.1) is 22.1 Å². The van der Waals surface area contributed by atoms with Crippen LogP contribution in [0, 0.1) is 0 Å². The summed E-state index contributed by atoms with van der Waals surface area (Å²) in [7, 11) is 0. The fourth-order valence-corrected chi connectivity index (χ4v) is 2.26. The molecular formula is C15H9N3. The highest BCUT2D eigenvalue weighted by Crippen LogP contribution is 2.24. The maximum Gasteiger partial charge on any atom is 0.0894 e. The molecule has 0 aliphatic heterocycles. The van der Waals surface area contributed by atoms with E-state index in [0.29, 0.717) is 0 Å². The summed E-state index contributed by atoms with van der Waals surface area (Å²) < 4.78 is 0. The Labute approximate surface area is 103 Å². The summed E-state index contributed by atoms with van der Waals surface area (Å²) in [6.45, 7) is 0. The molecule has 1 aromatic carbocycles. The minimum absolute atomic E-state index is 0.905. The number of benzene rings is 1. The van der Waals surface area contributed by atoms with Crippen molar-refractivity contribution in [2.24, 2.45) is 0 Å². The second kappa shape index (κ2) is 3.47. The van der Waals surface area contributed by atoms with Gasteiger partial charge in [-0.2, -0.15) is 0 Å². The fourth-order valence-electron chi connectivity index (χ4n) is 2.26. The van der Waals surface area contributed by atoms with Gasteiger partial charge in [0.25, 0.3) is 0 Å². The largest absolute Gasteiger partial charge is 0.255 e. The molecule has 0 unspecified atom stereocenters. The zero-order valence-electron chi connectivity index (χ0n) is 9.54. The molecule has 4 aromatic rings. The highest BCUT2D eigenvalue weighted by molar-refractivity contribution is 6.05. The number of para-hydroxylation sites is 1. The van der Waals surface area contributed by atoms with Crippen molar-refractivity contribution >= 4 is 32.8 Å². The number of hydrogen-bond donors (Lipinski definition) is 0. The summed E-state index contributed by atoms with van der Waals surface area (Å²) in [6.07, 6.45) is 3.64. The third kappa shape index (κ3) is 1.27. The molecule has 0 saturated carbocycles. The highest BCUT2D eigenvalue weighted by Gasteiger charge is 2.04. The first-order valence-electron chi connectivity index (χ1n) is 5.81. The van der Waals surface area contributed by atoms with Crippen molar-refractivity contribution in [3.05, 3.63) is 54.9 Å². The Balaban J connectivity index is 2.27. The van der Waals surface area contributed by atoms with Gasteiger partial charge < -0.3 is 0 Å². The molecule has 4 rings (SSSR count). The van der Waals surface area contributed by atoms with E-state index >= 15 is 0 Å². The summed E-state index contributed by atoms with van der Waals surface area (Å²) in [6, 6.07) is 14.0. The summed E-state index contributed by atoms with van der Waals surface area (Å²) in [5.74, 6) is 0. The number of fused-ring (bicyclic) bond motifs is 4. The van der Waals surface area contributed by atoms with Crippen LogP contribution in [0.2, 0.25) is 0 Å². The van der Waals surface area contributed by atoms with E-state index < -0.39 is 0 Å². The molecule has 84 valence electrons. The van der Waals surface area contributed by atoms with Crippen LogP contribution in [0.3, 0.4) is 0 Å². The van der Waals surface area contributed by atoms with Gasteiger partial charge in [0.1, 0.15) is 0 Å². The van der Waals surface area contributed by atoms with Gasteiger partial charge in [0.2, 0.25) is 0 Å². The third-order valence-electron chi connectivity index (χ3n) is 3.12. The van der Waals surface area contributed by atoms with Crippen LogP contribution in [0.4, 0.5) is 0 Å². The summed E-state index contributed by atoms with van der Waals surface area (Å²) in [4.78, 5) is 13.5. The molecule has 3 aromatic heterocycles. The zero-order valence-corrected chi connectivity index (χ0v) is 9.54. The SMILES string of the molecule is c1cnc2cc3cnc4ccccc4c3nc2c1. The van der Waals surface area contributed by atoms with Crippen molar-refractivity contribution in [1.29, 1.82) is 0 Å². The Bertz CT molecular complexity index is 878. The van der Waals surface area contributed by atoms with Crippen molar-refractivity contribution in [3.63, 3.8) is 0 Å². The van der Waals surface area contributed by atoms with Gasteiger partial charge in [-0.1, -0.05) is 18.2 Å². The van der Waals surface area contributed by atoms with Gasteiger partial charge in [-0.05, 0) is 24.3 Å². The van der Waals surface area contributed by atoms with E-state index in [0.717, 1.165) is 32.8 Å². The molecule has 0 saturated heterocycles. The number of nitrogens with zero attached hydrogens (tertiary/aromatic N) is 3. The topological polar surface area (TPSA) is 38.7 Å². The van der Waals surface area contributed by atoms with Crippen molar-refractivity contribution in [2.45, 2.75) is 0 Å². The minimum Gasteiger partial charge on any atom is -0.255 e. The predicted octanol–water partition coefficient (Wildman–Crippen LogP) is 3.33. The van der Waals surface area contributed by atoms with E-state index in [9.17, 15) is 0 Å². The molecule has 0 N–H and O–H groups in total. The Kier molecular flexibility index (Phi) is 1.83. The zero-order chi connectivity index (χ0) is 11.9. The molecule has 0 radical (unpaired) electrons. The molecule has 3 nitrogen and oxygen atoms in total. The molecule has 0 spiro atoms. The predicted molar refractivity (Wildman–Crippen MR) is 72.3 cm³/mol. The molecule has 0 atom stereocenters. The number of pyridine rings is 3. The van der Waals surface area contributed by atoms with Crippen molar-refractivity contribution in [3.8, 4) is 0 Å². The first-order valence-corrected chi connectivity index (χ1v) is 5.81. The Morgan fingerprint density at radius 2 is 1.67 bits per heavy atom. The lowest BCUT2D eigenvalue weighted by Gasteiger charge is -2.03. The van der Waals surface area contributed by atoms with Crippen LogP contribution in [0.15, 0.2) is 54.9 Å². The van der Waals surface area contributed by atoms with Gasteiger partial charge in [0.15, 0.2) is 0 Å². The van der Waals surface area contributed by atoms with Crippen LogP contribution in [0.5, 0.6) is 0 Å². The van der Waals surface area contributed by atoms with Gasteiger partial charge in [-0.25, -0.2) is 4.98 Å². The minimum atomic E-state index is 0.905. The van der Waals surface area contributed by atoms with Crippen LogP contribution in [0.25, 0.3) is 32.8 Å². The molecule has 18 heavy (non-hydrogen) atoms. The van der Waals surface area contributed by atoms with E-state index in [1.54, 1.807) is 6.20 Å². The second-order valence-corrected chi connectivity index (χ2v) is 4.24. The maximum atomic E-state index is 4.70. The maximum absolute atomic E-state index is 4.70. The van der Waals surface area contributed by atoms with Gasteiger partial charge in [-0.3, -0.25) is 9.97 Å². The van der Waals surface area contributed by atoms with E-state index in [2.05, 4.69) is 16.0 Å². The average Bonchev–Trinajstić information content (AvgIpc) is 2.45. The smallest absolute Gasteiger partial charge is 0.0894 e. The third-order valence-corrected chi connectivity index (χ3v) is 3.12. The molecule has 0 aliphatic carbocycles. The van der Waals surface area contributed by atoms with Crippen LogP contribution < -0.4 is 0 Å². The van der Waals surface area contributed by atoms with Gasteiger partial charge in [0, 0.05) is 23.2 Å². The lowest BCUT2D eigenvalue weighted by Crippen LogP contribution is -1.88. The van der Waals surface area contributed by atoms with E-state index in [4.69, 9.17) is 4.98 Å². The first kappa shape index (κ1) is 9.48. The summed E-state index contributed by atoms with van der Waals surface area (Å²) in [5, 5.41) is 2.11. The van der Waals surface area contributed by atoms with Crippen molar-refractivity contribution in [1.82, 2.24) is 15.0 Å².